The highest BCUT2D eigenvalue weighted by atomic mass is 32.2. The van der Waals surface area contributed by atoms with Crippen LogP contribution in [0.15, 0.2) is 112 Å². The molecule has 0 saturated carbocycles. The van der Waals surface area contributed by atoms with Crippen molar-refractivity contribution in [3.05, 3.63) is 103 Å². The van der Waals surface area contributed by atoms with Gasteiger partial charge >= 0.3 is 21.3 Å². The Hall–Kier alpha value is -3.08. The van der Waals surface area contributed by atoms with Gasteiger partial charge in [0.15, 0.2) is 22.2 Å². The van der Waals surface area contributed by atoms with Gasteiger partial charge in [-0.1, -0.05) is 55.1 Å². The van der Waals surface area contributed by atoms with E-state index in [4.69, 9.17) is 4.55 Å². The minimum absolute atomic E-state index is 0.150. The highest BCUT2D eigenvalue weighted by Crippen LogP contribution is 2.32. The number of alkyl halides is 2. The van der Waals surface area contributed by atoms with E-state index in [1.54, 1.807) is 6.07 Å². The summed E-state index contributed by atoms with van der Waals surface area (Å²) in [4.78, 5) is 13.6. The van der Waals surface area contributed by atoms with Crippen LogP contribution in [0.25, 0.3) is 0 Å². The van der Waals surface area contributed by atoms with Crippen LogP contribution in [0.3, 0.4) is 0 Å². The Bertz CT molecular complexity index is 1180. The lowest BCUT2D eigenvalue weighted by molar-refractivity contribution is -0.144. The second kappa shape index (κ2) is 11.9. The summed E-state index contributed by atoms with van der Waals surface area (Å²) in [6, 6.07) is 27.2. The first-order chi connectivity index (χ1) is 15.9. The summed E-state index contributed by atoms with van der Waals surface area (Å²) in [6.45, 7) is 2.55. The van der Waals surface area contributed by atoms with E-state index in [0.717, 1.165) is 14.7 Å². The molecule has 0 unspecified atom stereocenters. The first-order valence-corrected chi connectivity index (χ1v) is 12.4. The number of carbonyl (C=O) groups excluding carboxylic acids is 1. The Kier molecular flexibility index (Phi) is 9.48. The van der Waals surface area contributed by atoms with Gasteiger partial charge in [0.2, 0.25) is 4.90 Å². The monoisotopic (exact) mass is 511 g/mol. The van der Waals surface area contributed by atoms with Crippen LogP contribution in [-0.4, -0.2) is 30.8 Å². The maximum absolute atomic E-state index is 14.2. The predicted octanol–water partition coefficient (Wildman–Crippen LogP) is 5.51. The third-order valence-electron chi connectivity index (χ3n) is 4.11. The average Bonchev–Trinajstić information content (AvgIpc) is 2.80. The van der Waals surface area contributed by atoms with Gasteiger partial charge in [0.1, 0.15) is 10.9 Å². The lowest BCUT2D eigenvalue weighted by Gasteiger charge is -2.12. The van der Waals surface area contributed by atoms with E-state index in [0.29, 0.717) is 0 Å². The minimum Gasteiger partial charge on any atom is -0.455 e. The van der Waals surface area contributed by atoms with Crippen LogP contribution in [0.5, 0.6) is 0 Å². The molecular weight excluding hydrogens is 489 g/mol. The first kappa shape index (κ1) is 27.2. The quantitative estimate of drug-likeness (QED) is 0.196. The van der Waals surface area contributed by atoms with Crippen molar-refractivity contribution < 1.29 is 35.7 Å². The van der Waals surface area contributed by atoms with Crippen molar-refractivity contribution in [2.75, 3.05) is 6.61 Å². The molecule has 0 radical (unpaired) electrons. The van der Waals surface area contributed by atoms with E-state index in [2.05, 4.69) is 35.6 Å². The number of carbonyl (C=O) groups is 1. The molecular formula is C24H22F3O5S2+. The third-order valence-corrected chi connectivity index (χ3v) is 7.24. The smallest absolute Gasteiger partial charge is 0.402 e. The summed E-state index contributed by atoms with van der Waals surface area (Å²) in [6.07, 6.45) is 0. The Balaban J connectivity index is 0.000000259. The summed E-state index contributed by atoms with van der Waals surface area (Å²) >= 11 is 0. The van der Waals surface area contributed by atoms with Crippen molar-refractivity contribution in [1.82, 2.24) is 0 Å². The highest BCUT2D eigenvalue weighted by Gasteiger charge is 2.45. The van der Waals surface area contributed by atoms with E-state index in [1.807, 2.05) is 48.5 Å². The molecule has 0 spiro atoms. The van der Waals surface area contributed by atoms with Gasteiger partial charge in [0.25, 0.3) is 0 Å². The van der Waals surface area contributed by atoms with Gasteiger partial charge in [0, 0.05) is 5.57 Å². The van der Waals surface area contributed by atoms with Crippen molar-refractivity contribution in [1.29, 1.82) is 0 Å². The fraction of sp³-hybridized carbons (Fsp3) is 0.125. The zero-order valence-electron chi connectivity index (χ0n) is 18.0. The van der Waals surface area contributed by atoms with E-state index >= 15 is 0 Å². The van der Waals surface area contributed by atoms with Gasteiger partial charge in [-0.2, -0.15) is 17.2 Å². The number of esters is 1. The summed E-state index contributed by atoms with van der Waals surface area (Å²) in [7, 11) is -5.97. The lowest BCUT2D eigenvalue weighted by Crippen LogP contribution is -2.34. The van der Waals surface area contributed by atoms with Gasteiger partial charge < -0.3 is 4.74 Å². The fourth-order valence-corrected chi connectivity index (χ4v) is 4.78. The molecule has 0 bridgehead atoms. The average molecular weight is 512 g/mol. The Morgan fingerprint density at radius 1 is 0.941 bits per heavy atom. The SMILES string of the molecule is C=C(C)C(=O)OCC(F)(F)S(=O)(=O)O.Fc1ccccc1[S+](c1ccccc1)c1ccccc1. The number of benzene rings is 3. The second-order valence-corrected chi connectivity index (χ2v) is 10.4. The molecule has 180 valence electrons. The number of hydrogen-bond acceptors (Lipinski definition) is 4. The molecule has 0 aliphatic rings. The Morgan fingerprint density at radius 2 is 1.38 bits per heavy atom. The Morgan fingerprint density at radius 3 is 1.79 bits per heavy atom. The summed E-state index contributed by atoms with van der Waals surface area (Å²) < 4.78 is 71.0. The first-order valence-electron chi connectivity index (χ1n) is 9.70. The highest BCUT2D eigenvalue weighted by molar-refractivity contribution is 7.97. The van der Waals surface area contributed by atoms with Crippen molar-refractivity contribution in [3.8, 4) is 0 Å². The standard InChI is InChI=1S/C18H14FS.C6H8F2O5S/c19-17-13-7-8-14-18(17)20(15-9-3-1-4-10-15)16-11-5-2-6-12-16;1-4(2)5(9)13-3-6(7,8)14(10,11)12/h1-14H;1,3H2,2H3,(H,10,11,12)/q+1;. The molecule has 0 atom stereocenters. The van der Waals surface area contributed by atoms with Gasteiger partial charge in [-0.05, 0) is 43.3 Å². The molecule has 0 heterocycles. The molecule has 0 amide bonds. The van der Waals surface area contributed by atoms with Gasteiger partial charge in [-0.25, -0.2) is 9.18 Å². The minimum atomic E-state index is -5.56. The predicted molar refractivity (Wildman–Crippen MR) is 124 cm³/mol. The zero-order valence-corrected chi connectivity index (χ0v) is 19.7. The molecule has 0 fully saturated rings. The molecule has 0 aliphatic heterocycles. The van der Waals surface area contributed by atoms with E-state index in [1.165, 1.54) is 13.0 Å². The normalized spacial score (nSPS) is 11.4. The number of rotatable bonds is 7. The van der Waals surface area contributed by atoms with Crippen LogP contribution in [0, 0.1) is 5.82 Å². The number of ether oxygens (including phenoxy) is 1. The summed E-state index contributed by atoms with van der Waals surface area (Å²) in [5, 5.41) is -4.50. The molecule has 0 aromatic heterocycles. The van der Waals surface area contributed by atoms with E-state index in [9.17, 15) is 26.4 Å². The molecule has 3 rings (SSSR count). The molecule has 10 heteroatoms. The van der Waals surface area contributed by atoms with Crippen LogP contribution in [0.2, 0.25) is 0 Å². The molecule has 34 heavy (non-hydrogen) atoms. The van der Waals surface area contributed by atoms with Crippen LogP contribution < -0.4 is 0 Å². The van der Waals surface area contributed by atoms with Crippen LogP contribution in [0.4, 0.5) is 13.2 Å². The summed E-state index contributed by atoms with van der Waals surface area (Å²) in [5.41, 5.74) is -0.156. The van der Waals surface area contributed by atoms with Crippen molar-refractivity contribution in [3.63, 3.8) is 0 Å². The fourth-order valence-electron chi connectivity index (χ4n) is 2.46. The van der Waals surface area contributed by atoms with E-state index in [-0.39, 0.29) is 11.4 Å². The van der Waals surface area contributed by atoms with Gasteiger partial charge in [0.05, 0.1) is 0 Å². The molecule has 3 aromatic carbocycles. The Labute approximate surface area is 199 Å². The zero-order chi connectivity index (χ0) is 25.4. The maximum atomic E-state index is 14.2. The number of hydrogen-bond donors (Lipinski definition) is 1. The van der Waals surface area contributed by atoms with Crippen molar-refractivity contribution in [2.45, 2.75) is 26.9 Å². The van der Waals surface area contributed by atoms with Crippen LogP contribution in [0.1, 0.15) is 6.92 Å². The summed E-state index contributed by atoms with van der Waals surface area (Å²) in [5.74, 6) is -1.31. The number of halogens is 3. The molecule has 0 aliphatic carbocycles. The van der Waals surface area contributed by atoms with Crippen molar-refractivity contribution >= 4 is 27.0 Å². The molecule has 5 nitrogen and oxygen atoms in total. The third kappa shape index (κ3) is 7.47. The maximum Gasteiger partial charge on any atom is 0.402 e. The lowest BCUT2D eigenvalue weighted by atomic mass is 10.3. The second-order valence-electron chi connectivity index (χ2n) is 6.83. The molecule has 0 saturated heterocycles. The van der Waals surface area contributed by atoms with Gasteiger partial charge in [-0.15, -0.1) is 0 Å². The molecule has 3 aromatic rings. The van der Waals surface area contributed by atoms with E-state index < -0.39 is 38.8 Å². The topological polar surface area (TPSA) is 80.7 Å². The van der Waals surface area contributed by atoms with Crippen LogP contribution in [-0.2, 0) is 30.5 Å². The largest absolute Gasteiger partial charge is 0.455 e. The van der Waals surface area contributed by atoms with Crippen molar-refractivity contribution in [2.24, 2.45) is 0 Å². The van der Waals surface area contributed by atoms with Gasteiger partial charge in [-0.3, -0.25) is 4.55 Å². The van der Waals surface area contributed by atoms with Crippen LogP contribution >= 0.6 is 0 Å². The molecule has 1 N–H and O–H groups in total.